The minimum atomic E-state index is 0.552. The number of thiocarbonyl (C=S) groups is 1. The van der Waals surface area contributed by atoms with Crippen LogP contribution >= 0.6 is 12.2 Å². The maximum Gasteiger partial charge on any atom is 0.169 e. The molecule has 0 spiro atoms. The molecule has 0 atom stereocenters. The summed E-state index contributed by atoms with van der Waals surface area (Å²) >= 11 is 4.97. The molecule has 0 saturated carbocycles. The summed E-state index contributed by atoms with van der Waals surface area (Å²) in [6.07, 6.45) is 0. The van der Waals surface area contributed by atoms with Crippen molar-refractivity contribution in [2.75, 3.05) is 6.54 Å². The highest BCUT2D eigenvalue weighted by molar-refractivity contribution is 7.80. The molecule has 0 aliphatic heterocycles. The molecule has 72 valence electrons. The highest BCUT2D eigenvalue weighted by Crippen LogP contribution is 1.88. The number of nitrogens with one attached hydrogen (secondary N) is 3. The SMILES string of the molecule is CCNC(=S)NCc1n[nH]c(C)n1. The van der Waals surface area contributed by atoms with E-state index in [1.54, 1.807) is 0 Å². The third-order valence-electron chi connectivity index (χ3n) is 1.39. The second kappa shape index (κ2) is 4.76. The van der Waals surface area contributed by atoms with Crippen LogP contribution in [0.5, 0.6) is 0 Å². The van der Waals surface area contributed by atoms with Crippen molar-refractivity contribution in [2.24, 2.45) is 0 Å². The zero-order valence-electron chi connectivity index (χ0n) is 7.72. The normalized spacial score (nSPS) is 9.69. The van der Waals surface area contributed by atoms with Gasteiger partial charge in [0.1, 0.15) is 5.82 Å². The highest BCUT2D eigenvalue weighted by Gasteiger charge is 1.99. The van der Waals surface area contributed by atoms with Crippen LogP contribution in [-0.2, 0) is 6.54 Å². The lowest BCUT2D eigenvalue weighted by atomic mass is 10.6. The van der Waals surface area contributed by atoms with Crippen LogP contribution in [0.15, 0.2) is 0 Å². The zero-order chi connectivity index (χ0) is 9.68. The van der Waals surface area contributed by atoms with Gasteiger partial charge in [0.2, 0.25) is 0 Å². The minimum absolute atomic E-state index is 0.552. The van der Waals surface area contributed by atoms with Crippen LogP contribution in [0.25, 0.3) is 0 Å². The van der Waals surface area contributed by atoms with Gasteiger partial charge >= 0.3 is 0 Å². The van der Waals surface area contributed by atoms with Gasteiger partial charge in [-0.1, -0.05) is 0 Å². The lowest BCUT2D eigenvalue weighted by Crippen LogP contribution is -2.34. The molecule has 0 saturated heterocycles. The topological polar surface area (TPSA) is 65.6 Å². The van der Waals surface area contributed by atoms with E-state index in [-0.39, 0.29) is 0 Å². The van der Waals surface area contributed by atoms with Gasteiger partial charge < -0.3 is 10.6 Å². The van der Waals surface area contributed by atoms with Gasteiger partial charge in [-0.15, -0.1) is 0 Å². The summed E-state index contributed by atoms with van der Waals surface area (Å²) in [5, 5.41) is 13.3. The predicted octanol–water partition coefficient (Wildman–Crippen LogP) is 0.0971. The van der Waals surface area contributed by atoms with Gasteiger partial charge in [0.25, 0.3) is 0 Å². The van der Waals surface area contributed by atoms with Crippen molar-refractivity contribution < 1.29 is 0 Å². The molecule has 6 heteroatoms. The summed E-state index contributed by atoms with van der Waals surface area (Å²) in [5.41, 5.74) is 0. The second-order valence-electron chi connectivity index (χ2n) is 2.55. The molecule has 0 bridgehead atoms. The van der Waals surface area contributed by atoms with Crippen molar-refractivity contribution in [3.63, 3.8) is 0 Å². The first-order valence-corrected chi connectivity index (χ1v) is 4.52. The van der Waals surface area contributed by atoms with Crippen molar-refractivity contribution in [1.82, 2.24) is 25.8 Å². The molecular formula is C7H13N5S. The molecule has 0 aromatic carbocycles. The highest BCUT2D eigenvalue weighted by atomic mass is 32.1. The number of nitrogens with zero attached hydrogens (tertiary/aromatic N) is 2. The predicted molar refractivity (Wildman–Crippen MR) is 54.2 cm³/mol. The number of rotatable bonds is 3. The van der Waals surface area contributed by atoms with E-state index in [0.717, 1.165) is 18.2 Å². The standard InChI is InChI=1S/C7H13N5S/c1-3-8-7(13)9-4-6-10-5(2)11-12-6/h3-4H2,1-2H3,(H2,8,9,13)(H,10,11,12). The van der Waals surface area contributed by atoms with Crippen molar-refractivity contribution in [3.05, 3.63) is 11.6 Å². The molecule has 13 heavy (non-hydrogen) atoms. The largest absolute Gasteiger partial charge is 0.363 e. The molecule has 3 N–H and O–H groups in total. The van der Waals surface area contributed by atoms with E-state index in [0.29, 0.717) is 11.7 Å². The first-order chi connectivity index (χ1) is 6.22. The maximum atomic E-state index is 4.97. The third-order valence-corrected chi connectivity index (χ3v) is 1.68. The summed E-state index contributed by atoms with van der Waals surface area (Å²) in [5.74, 6) is 1.53. The molecule has 0 radical (unpaired) electrons. The van der Waals surface area contributed by atoms with Crippen LogP contribution in [-0.4, -0.2) is 26.8 Å². The van der Waals surface area contributed by atoms with Crippen LogP contribution in [0.3, 0.4) is 0 Å². The Balaban J connectivity index is 2.30. The lowest BCUT2D eigenvalue weighted by Gasteiger charge is -2.05. The average molecular weight is 199 g/mol. The monoisotopic (exact) mass is 199 g/mol. The smallest absolute Gasteiger partial charge is 0.169 e. The third kappa shape index (κ3) is 3.37. The summed E-state index contributed by atoms with van der Waals surface area (Å²) in [6.45, 7) is 5.22. The van der Waals surface area contributed by atoms with E-state index in [1.165, 1.54) is 0 Å². The van der Waals surface area contributed by atoms with Crippen molar-refractivity contribution in [2.45, 2.75) is 20.4 Å². The lowest BCUT2D eigenvalue weighted by molar-refractivity contribution is 0.803. The second-order valence-corrected chi connectivity index (χ2v) is 2.96. The van der Waals surface area contributed by atoms with Crippen LogP contribution < -0.4 is 10.6 Å². The van der Waals surface area contributed by atoms with Gasteiger partial charge in [-0.05, 0) is 26.1 Å². The first-order valence-electron chi connectivity index (χ1n) is 4.12. The molecule has 0 amide bonds. The number of H-pyrrole nitrogens is 1. The fraction of sp³-hybridized carbons (Fsp3) is 0.571. The summed E-state index contributed by atoms with van der Waals surface area (Å²) in [7, 11) is 0. The Labute approximate surface area is 82.3 Å². The number of hydrogen-bond acceptors (Lipinski definition) is 3. The van der Waals surface area contributed by atoms with Gasteiger partial charge in [0.05, 0.1) is 6.54 Å². The Kier molecular flexibility index (Phi) is 3.63. The number of aromatic nitrogens is 3. The first kappa shape index (κ1) is 9.91. The Morgan fingerprint density at radius 1 is 1.54 bits per heavy atom. The molecular weight excluding hydrogens is 186 g/mol. The van der Waals surface area contributed by atoms with Crippen LogP contribution in [0.2, 0.25) is 0 Å². The van der Waals surface area contributed by atoms with Crippen LogP contribution in [0.1, 0.15) is 18.6 Å². The van der Waals surface area contributed by atoms with E-state index in [2.05, 4.69) is 25.8 Å². The number of aryl methyl sites for hydroxylation is 1. The molecule has 0 aliphatic carbocycles. The van der Waals surface area contributed by atoms with E-state index in [9.17, 15) is 0 Å². The Bertz CT molecular complexity index is 282. The number of hydrogen-bond donors (Lipinski definition) is 3. The minimum Gasteiger partial charge on any atom is -0.363 e. The van der Waals surface area contributed by atoms with Gasteiger partial charge in [-0.25, -0.2) is 4.98 Å². The van der Waals surface area contributed by atoms with Gasteiger partial charge in [-0.2, -0.15) is 5.10 Å². The fourth-order valence-corrected chi connectivity index (χ4v) is 1.07. The number of aromatic amines is 1. The summed E-state index contributed by atoms with van der Waals surface area (Å²) in [6, 6.07) is 0. The Hall–Kier alpha value is -1.17. The quantitative estimate of drug-likeness (QED) is 0.602. The van der Waals surface area contributed by atoms with Gasteiger partial charge in [0.15, 0.2) is 10.9 Å². The molecule has 1 aromatic heterocycles. The molecule has 1 rings (SSSR count). The average Bonchev–Trinajstić information content (AvgIpc) is 2.49. The zero-order valence-corrected chi connectivity index (χ0v) is 8.53. The summed E-state index contributed by atoms with van der Waals surface area (Å²) < 4.78 is 0. The molecule has 5 nitrogen and oxygen atoms in total. The van der Waals surface area contributed by atoms with E-state index in [1.807, 2.05) is 13.8 Å². The summed E-state index contributed by atoms with van der Waals surface area (Å²) in [4.78, 5) is 4.13. The van der Waals surface area contributed by atoms with E-state index in [4.69, 9.17) is 12.2 Å². The van der Waals surface area contributed by atoms with Crippen molar-refractivity contribution >= 4 is 17.3 Å². The van der Waals surface area contributed by atoms with E-state index < -0.39 is 0 Å². The van der Waals surface area contributed by atoms with Crippen molar-refractivity contribution in [1.29, 1.82) is 0 Å². The van der Waals surface area contributed by atoms with Crippen molar-refractivity contribution in [3.8, 4) is 0 Å². The fourth-order valence-electron chi connectivity index (χ4n) is 0.850. The Morgan fingerprint density at radius 2 is 2.31 bits per heavy atom. The molecule has 1 aromatic rings. The molecule has 0 aliphatic rings. The maximum absolute atomic E-state index is 4.97. The van der Waals surface area contributed by atoms with E-state index >= 15 is 0 Å². The van der Waals surface area contributed by atoms with Crippen LogP contribution in [0, 0.1) is 6.92 Å². The molecule has 0 fully saturated rings. The molecule has 0 unspecified atom stereocenters. The van der Waals surface area contributed by atoms with Crippen LogP contribution in [0.4, 0.5) is 0 Å². The Morgan fingerprint density at radius 3 is 2.85 bits per heavy atom. The molecule has 1 heterocycles. The van der Waals surface area contributed by atoms with Gasteiger partial charge in [0, 0.05) is 6.54 Å². The van der Waals surface area contributed by atoms with Gasteiger partial charge in [-0.3, -0.25) is 5.10 Å².